The van der Waals surface area contributed by atoms with Crippen molar-refractivity contribution in [2.75, 3.05) is 13.7 Å². The van der Waals surface area contributed by atoms with E-state index < -0.39 is 10.1 Å². The zero-order valence-corrected chi connectivity index (χ0v) is 16.8. The van der Waals surface area contributed by atoms with Gasteiger partial charge in [0, 0.05) is 19.3 Å². The quantitative estimate of drug-likeness (QED) is 0.276. The third-order valence-electron chi connectivity index (χ3n) is 3.77. The summed E-state index contributed by atoms with van der Waals surface area (Å²) in [5.74, 6) is 0.363. The zero-order valence-electron chi connectivity index (χ0n) is 15.3. The van der Waals surface area contributed by atoms with E-state index in [9.17, 15) is 8.42 Å². The van der Waals surface area contributed by atoms with Gasteiger partial charge in [0.1, 0.15) is 16.4 Å². The molecule has 0 aliphatic carbocycles. The van der Waals surface area contributed by atoms with Gasteiger partial charge in [-0.15, -0.1) is 0 Å². The number of nitrogens with zero attached hydrogens (tertiary/aromatic N) is 2. The highest BCUT2D eigenvalue weighted by atomic mass is 35.5. The first-order valence-electron chi connectivity index (χ1n) is 8.22. The molecular formula is C18H21ClN4O4S. The van der Waals surface area contributed by atoms with E-state index in [4.69, 9.17) is 31.7 Å². The predicted octanol–water partition coefficient (Wildman–Crippen LogP) is 2.86. The molecule has 28 heavy (non-hydrogen) atoms. The summed E-state index contributed by atoms with van der Waals surface area (Å²) in [5.41, 5.74) is 6.18. The van der Waals surface area contributed by atoms with E-state index in [-0.39, 0.29) is 21.6 Å². The number of nitrogens with two attached hydrogens (primary N) is 1. The number of aryl methyl sites for hydroxylation is 1. The normalized spacial score (nSPS) is 10.9. The minimum absolute atomic E-state index is 0.0758. The lowest BCUT2D eigenvalue weighted by molar-refractivity contribution is 0.409. The number of benzene rings is 2. The van der Waals surface area contributed by atoms with Crippen molar-refractivity contribution in [3.8, 4) is 11.5 Å². The van der Waals surface area contributed by atoms with Crippen molar-refractivity contribution in [2.24, 2.45) is 10.8 Å². The van der Waals surface area contributed by atoms with Gasteiger partial charge in [-0.2, -0.15) is 13.5 Å². The molecule has 0 amide bonds. The number of ether oxygens (including phenoxy) is 1. The number of halogens is 1. The van der Waals surface area contributed by atoms with Crippen molar-refractivity contribution in [3.05, 3.63) is 53.1 Å². The van der Waals surface area contributed by atoms with Gasteiger partial charge in [-0.25, -0.2) is 5.01 Å². The number of guanidine groups is 1. The third kappa shape index (κ3) is 5.61. The Bertz CT molecular complexity index is 966. The average Bonchev–Trinajstić information content (AvgIpc) is 2.64. The maximum Gasteiger partial charge on any atom is 0.340 e. The molecule has 0 atom stereocenters. The molecule has 2 aromatic rings. The van der Waals surface area contributed by atoms with E-state index >= 15 is 0 Å². The fourth-order valence-electron chi connectivity index (χ4n) is 2.46. The van der Waals surface area contributed by atoms with Crippen LogP contribution in [0.2, 0.25) is 5.02 Å². The second kappa shape index (κ2) is 9.43. The van der Waals surface area contributed by atoms with Crippen LogP contribution in [0.1, 0.15) is 12.0 Å². The number of methoxy groups -OCH3 is 1. The van der Waals surface area contributed by atoms with Crippen LogP contribution >= 0.6 is 11.6 Å². The Morgan fingerprint density at radius 2 is 1.96 bits per heavy atom. The van der Waals surface area contributed by atoms with Crippen LogP contribution in [0.15, 0.2) is 52.5 Å². The van der Waals surface area contributed by atoms with Gasteiger partial charge in [0.2, 0.25) is 5.96 Å². The highest BCUT2D eigenvalue weighted by molar-refractivity contribution is 7.87. The first-order chi connectivity index (χ1) is 13.3. The molecular weight excluding hydrogens is 404 g/mol. The molecule has 3 N–H and O–H groups in total. The molecule has 0 aliphatic heterocycles. The Balaban J connectivity index is 2.19. The second-order valence-electron chi connectivity index (χ2n) is 5.74. The van der Waals surface area contributed by atoms with Crippen molar-refractivity contribution in [1.29, 1.82) is 5.41 Å². The highest BCUT2D eigenvalue weighted by Crippen LogP contribution is 2.28. The van der Waals surface area contributed by atoms with Gasteiger partial charge >= 0.3 is 10.1 Å². The maximum absolute atomic E-state index is 12.5. The molecule has 0 saturated carbocycles. The summed E-state index contributed by atoms with van der Waals surface area (Å²) in [6.07, 6.45) is 1.15. The van der Waals surface area contributed by atoms with Gasteiger partial charge in [0.05, 0.1) is 12.1 Å². The van der Waals surface area contributed by atoms with E-state index in [1.807, 2.05) is 0 Å². The van der Waals surface area contributed by atoms with E-state index in [0.717, 1.165) is 5.56 Å². The number of rotatable bonds is 9. The SMILES string of the molecule is C=NN(CCCc1cc(OC)cc(OS(=O)(=O)c2ccccc2Cl)c1)C(=N)N. The lowest BCUT2D eigenvalue weighted by Gasteiger charge is -2.16. The van der Waals surface area contributed by atoms with Crippen LogP contribution in [-0.4, -0.2) is 39.8 Å². The summed E-state index contributed by atoms with van der Waals surface area (Å²) in [5, 5.41) is 12.4. The molecule has 0 fully saturated rings. The molecule has 0 heterocycles. The molecule has 0 spiro atoms. The fourth-order valence-corrected chi connectivity index (χ4v) is 3.87. The molecule has 0 radical (unpaired) electrons. The zero-order chi connectivity index (χ0) is 20.7. The number of nitrogens with one attached hydrogen (secondary N) is 1. The fraction of sp³-hybridized carbons (Fsp3) is 0.222. The molecule has 2 rings (SSSR count). The number of hydrazone groups is 1. The Morgan fingerprint density at radius 3 is 2.57 bits per heavy atom. The van der Waals surface area contributed by atoms with Gasteiger partial charge in [0.15, 0.2) is 0 Å². The molecule has 0 bridgehead atoms. The average molecular weight is 425 g/mol. The smallest absolute Gasteiger partial charge is 0.340 e. The van der Waals surface area contributed by atoms with Gasteiger partial charge in [0.25, 0.3) is 0 Å². The second-order valence-corrected chi connectivity index (χ2v) is 7.66. The summed E-state index contributed by atoms with van der Waals surface area (Å²) >= 11 is 5.97. The Labute approximate surface area is 169 Å². The van der Waals surface area contributed by atoms with Crippen molar-refractivity contribution < 1.29 is 17.3 Å². The van der Waals surface area contributed by atoms with Crippen molar-refractivity contribution >= 4 is 34.4 Å². The Hall–Kier alpha value is -2.78. The van der Waals surface area contributed by atoms with E-state index in [2.05, 4.69) is 11.8 Å². The minimum Gasteiger partial charge on any atom is -0.497 e. The highest BCUT2D eigenvalue weighted by Gasteiger charge is 2.20. The summed E-state index contributed by atoms with van der Waals surface area (Å²) in [4.78, 5) is -0.116. The maximum atomic E-state index is 12.5. The van der Waals surface area contributed by atoms with E-state index in [1.165, 1.54) is 30.3 Å². The predicted molar refractivity (Wildman–Crippen MR) is 109 cm³/mol. The van der Waals surface area contributed by atoms with Crippen LogP contribution in [0.3, 0.4) is 0 Å². The molecule has 0 aromatic heterocycles. The molecule has 2 aromatic carbocycles. The third-order valence-corrected chi connectivity index (χ3v) is 5.52. The first-order valence-corrected chi connectivity index (χ1v) is 10.0. The van der Waals surface area contributed by atoms with Gasteiger partial charge in [-0.3, -0.25) is 5.41 Å². The van der Waals surface area contributed by atoms with E-state index in [0.29, 0.717) is 25.1 Å². The molecule has 150 valence electrons. The number of hydrogen-bond donors (Lipinski definition) is 2. The minimum atomic E-state index is -4.10. The summed E-state index contributed by atoms with van der Waals surface area (Å²) < 4.78 is 35.6. The lowest BCUT2D eigenvalue weighted by Crippen LogP contribution is -2.32. The topological polar surface area (TPSA) is 118 Å². The van der Waals surface area contributed by atoms with Gasteiger partial charge in [-0.05, 0) is 42.7 Å². The van der Waals surface area contributed by atoms with Crippen molar-refractivity contribution in [3.63, 3.8) is 0 Å². The molecule has 0 saturated heterocycles. The van der Waals surface area contributed by atoms with E-state index in [1.54, 1.807) is 24.3 Å². The van der Waals surface area contributed by atoms with Crippen LogP contribution in [0.5, 0.6) is 11.5 Å². The molecule has 0 aliphatic rings. The Morgan fingerprint density at radius 1 is 1.29 bits per heavy atom. The standard InChI is InChI=1S/C18H21ClN4O4S/c1-22-23(18(20)21)9-5-6-13-10-14(26-2)12-15(11-13)27-28(24,25)17-8-4-3-7-16(17)19/h3-4,7-8,10-12H,1,5-6,9H2,2H3,(H3,20,21). The summed E-state index contributed by atoms with van der Waals surface area (Å²) in [6, 6.07) is 10.9. The van der Waals surface area contributed by atoms with Crippen molar-refractivity contribution in [1.82, 2.24) is 5.01 Å². The monoisotopic (exact) mass is 424 g/mol. The summed E-state index contributed by atoms with van der Waals surface area (Å²) in [7, 11) is -2.62. The Kier molecular flexibility index (Phi) is 7.24. The molecule has 0 unspecified atom stereocenters. The van der Waals surface area contributed by atoms with Crippen LogP contribution in [0.25, 0.3) is 0 Å². The largest absolute Gasteiger partial charge is 0.497 e. The summed E-state index contributed by atoms with van der Waals surface area (Å²) in [6.45, 7) is 3.76. The molecule has 8 nitrogen and oxygen atoms in total. The van der Waals surface area contributed by atoms with Gasteiger partial charge in [-0.1, -0.05) is 23.7 Å². The van der Waals surface area contributed by atoms with Gasteiger partial charge < -0.3 is 14.7 Å². The first kappa shape index (κ1) is 21.5. The van der Waals surface area contributed by atoms with Crippen LogP contribution in [-0.2, 0) is 16.5 Å². The molecule has 10 heteroatoms. The van der Waals surface area contributed by atoms with Crippen LogP contribution in [0, 0.1) is 5.41 Å². The number of hydrogen-bond acceptors (Lipinski definition) is 6. The van der Waals surface area contributed by atoms with Crippen LogP contribution in [0.4, 0.5) is 0 Å². The lowest BCUT2D eigenvalue weighted by atomic mass is 10.1. The van der Waals surface area contributed by atoms with Crippen molar-refractivity contribution in [2.45, 2.75) is 17.7 Å². The van der Waals surface area contributed by atoms with Crippen LogP contribution < -0.4 is 14.7 Å².